The number of carbonyl (C=O) groups excluding carboxylic acids is 1. The van der Waals surface area contributed by atoms with Crippen molar-refractivity contribution in [3.63, 3.8) is 0 Å². The first-order valence-electron chi connectivity index (χ1n) is 6.81. The number of nitrogens with one attached hydrogen (secondary N) is 1. The number of nitro groups is 1. The predicted octanol–water partition coefficient (Wildman–Crippen LogP) is 2.13. The first-order valence-corrected chi connectivity index (χ1v) is 6.81. The Hall–Kier alpha value is -2.31. The highest BCUT2D eigenvalue weighted by Crippen LogP contribution is 2.36. The molecule has 0 saturated carbocycles. The number of amides is 1. The number of nitro benzene ring substituents is 1. The first kappa shape index (κ1) is 15.1. The van der Waals surface area contributed by atoms with Gasteiger partial charge in [0, 0.05) is 26.2 Å². The standard InChI is InChI=1S/C14H19N3O4/c1-9-4-5-16(8-9)14(18)10-6-11(17(19)20)13(15-2)12(7-10)21-3/h6-7,9,15H,4-5,8H2,1-3H3/t9-/m1/s1. The number of anilines is 1. The summed E-state index contributed by atoms with van der Waals surface area (Å²) in [5.74, 6) is 0.563. The molecule has 1 saturated heterocycles. The average Bonchev–Trinajstić information content (AvgIpc) is 2.91. The van der Waals surface area contributed by atoms with Crippen LogP contribution in [-0.4, -0.2) is 43.0 Å². The van der Waals surface area contributed by atoms with Crippen molar-refractivity contribution in [3.8, 4) is 5.75 Å². The third-order valence-electron chi connectivity index (χ3n) is 3.71. The number of methoxy groups -OCH3 is 1. The van der Waals surface area contributed by atoms with Crippen molar-refractivity contribution in [1.82, 2.24) is 4.90 Å². The zero-order valence-electron chi connectivity index (χ0n) is 12.4. The molecule has 1 heterocycles. The average molecular weight is 293 g/mol. The maximum absolute atomic E-state index is 12.5. The summed E-state index contributed by atoms with van der Waals surface area (Å²) in [5, 5.41) is 13.9. The van der Waals surface area contributed by atoms with Crippen LogP contribution in [0, 0.1) is 16.0 Å². The molecule has 1 aliphatic rings. The summed E-state index contributed by atoms with van der Waals surface area (Å²) in [5.41, 5.74) is 0.396. The highest BCUT2D eigenvalue weighted by atomic mass is 16.6. The number of carbonyl (C=O) groups is 1. The molecule has 1 aromatic rings. The van der Waals surface area contributed by atoms with E-state index in [1.54, 1.807) is 18.0 Å². The van der Waals surface area contributed by atoms with Crippen LogP contribution in [0.4, 0.5) is 11.4 Å². The number of hydrogen-bond acceptors (Lipinski definition) is 5. The maximum Gasteiger partial charge on any atom is 0.296 e. The number of nitrogens with zero attached hydrogens (tertiary/aromatic N) is 2. The van der Waals surface area contributed by atoms with Gasteiger partial charge in [-0.3, -0.25) is 14.9 Å². The van der Waals surface area contributed by atoms with Crippen LogP contribution in [0.2, 0.25) is 0 Å². The van der Waals surface area contributed by atoms with Gasteiger partial charge in [-0.25, -0.2) is 0 Å². The second-order valence-electron chi connectivity index (χ2n) is 5.22. The van der Waals surface area contributed by atoms with Crippen LogP contribution >= 0.6 is 0 Å². The van der Waals surface area contributed by atoms with Crippen LogP contribution in [0.25, 0.3) is 0 Å². The molecule has 0 unspecified atom stereocenters. The van der Waals surface area contributed by atoms with E-state index in [1.165, 1.54) is 13.2 Å². The Morgan fingerprint density at radius 3 is 2.71 bits per heavy atom. The van der Waals surface area contributed by atoms with Crippen LogP contribution in [0.15, 0.2) is 12.1 Å². The minimum absolute atomic E-state index is 0.160. The van der Waals surface area contributed by atoms with Crippen LogP contribution in [0.5, 0.6) is 5.75 Å². The zero-order valence-corrected chi connectivity index (χ0v) is 12.4. The second kappa shape index (κ2) is 5.99. The minimum atomic E-state index is -0.516. The highest BCUT2D eigenvalue weighted by molar-refractivity contribution is 5.97. The number of benzene rings is 1. The molecule has 2 rings (SSSR count). The molecule has 1 aliphatic heterocycles. The lowest BCUT2D eigenvalue weighted by atomic mass is 10.1. The Balaban J connectivity index is 2.42. The molecular weight excluding hydrogens is 274 g/mol. The molecule has 1 N–H and O–H groups in total. The summed E-state index contributed by atoms with van der Waals surface area (Å²) in [6.07, 6.45) is 0.958. The molecule has 21 heavy (non-hydrogen) atoms. The van der Waals surface area contributed by atoms with Gasteiger partial charge >= 0.3 is 0 Å². The van der Waals surface area contributed by atoms with Gasteiger partial charge in [0.1, 0.15) is 5.75 Å². The molecule has 0 aliphatic carbocycles. The largest absolute Gasteiger partial charge is 0.494 e. The van der Waals surface area contributed by atoms with Crippen LogP contribution in [0.1, 0.15) is 23.7 Å². The van der Waals surface area contributed by atoms with Crippen LogP contribution in [0.3, 0.4) is 0 Å². The molecule has 1 atom stereocenters. The molecule has 0 bridgehead atoms. The lowest BCUT2D eigenvalue weighted by molar-refractivity contribution is -0.384. The van der Waals surface area contributed by atoms with Gasteiger partial charge < -0.3 is 15.0 Å². The van der Waals surface area contributed by atoms with Gasteiger partial charge in [0.05, 0.1) is 17.6 Å². The highest BCUT2D eigenvalue weighted by Gasteiger charge is 2.28. The van der Waals surface area contributed by atoms with Gasteiger partial charge in [-0.05, 0) is 18.4 Å². The molecule has 114 valence electrons. The fourth-order valence-corrected chi connectivity index (χ4v) is 2.58. The van der Waals surface area contributed by atoms with Gasteiger partial charge in [0.25, 0.3) is 11.6 Å². The monoisotopic (exact) mass is 293 g/mol. The Labute approximate surface area is 123 Å². The number of rotatable bonds is 4. The molecule has 1 fully saturated rings. The fraction of sp³-hybridized carbons (Fsp3) is 0.500. The van der Waals surface area contributed by atoms with E-state index >= 15 is 0 Å². The summed E-state index contributed by atoms with van der Waals surface area (Å²) in [6.45, 7) is 3.45. The molecule has 0 radical (unpaired) electrons. The van der Waals surface area contributed by atoms with E-state index in [0.29, 0.717) is 24.8 Å². The van der Waals surface area contributed by atoms with Crippen LogP contribution in [-0.2, 0) is 0 Å². The van der Waals surface area contributed by atoms with E-state index in [0.717, 1.165) is 6.42 Å². The number of ether oxygens (including phenoxy) is 1. The minimum Gasteiger partial charge on any atom is -0.494 e. The fourth-order valence-electron chi connectivity index (χ4n) is 2.58. The summed E-state index contributed by atoms with van der Waals surface area (Å²) < 4.78 is 5.16. The molecule has 0 spiro atoms. The Morgan fingerprint density at radius 1 is 1.52 bits per heavy atom. The van der Waals surface area contributed by atoms with Gasteiger partial charge in [0.15, 0.2) is 5.69 Å². The third kappa shape index (κ3) is 2.91. The van der Waals surface area contributed by atoms with Crippen molar-refractivity contribution in [2.45, 2.75) is 13.3 Å². The normalized spacial score (nSPS) is 17.7. The predicted molar refractivity (Wildman–Crippen MR) is 78.9 cm³/mol. The van der Waals surface area contributed by atoms with Crippen molar-refractivity contribution in [1.29, 1.82) is 0 Å². The molecule has 7 nitrogen and oxygen atoms in total. The molecule has 7 heteroatoms. The lowest BCUT2D eigenvalue weighted by Crippen LogP contribution is -2.28. The summed E-state index contributed by atoms with van der Waals surface area (Å²) >= 11 is 0. The zero-order chi connectivity index (χ0) is 15.6. The summed E-state index contributed by atoms with van der Waals surface area (Å²) in [7, 11) is 3.00. The molecule has 1 amide bonds. The molecule has 1 aromatic carbocycles. The second-order valence-corrected chi connectivity index (χ2v) is 5.22. The third-order valence-corrected chi connectivity index (χ3v) is 3.71. The topological polar surface area (TPSA) is 84.7 Å². The van der Waals surface area contributed by atoms with Gasteiger partial charge in [0.2, 0.25) is 0 Å². The lowest BCUT2D eigenvalue weighted by Gasteiger charge is -2.17. The van der Waals surface area contributed by atoms with Crippen molar-refractivity contribution in [2.75, 3.05) is 32.6 Å². The Kier molecular flexibility index (Phi) is 4.30. The van der Waals surface area contributed by atoms with E-state index < -0.39 is 4.92 Å². The van der Waals surface area contributed by atoms with E-state index in [-0.39, 0.29) is 22.8 Å². The van der Waals surface area contributed by atoms with E-state index in [4.69, 9.17) is 4.74 Å². The smallest absolute Gasteiger partial charge is 0.296 e. The molecular formula is C14H19N3O4. The van der Waals surface area contributed by atoms with Gasteiger partial charge in [-0.2, -0.15) is 0 Å². The van der Waals surface area contributed by atoms with Gasteiger partial charge in [-0.15, -0.1) is 0 Å². The molecule has 0 aromatic heterocycles. The summed E-state index contributed by atoms with van der Waals surface area (Å²) in [6, 6.07) is 2.85. The SMILES string of the molecule is CNc1c(OC)cc(C(=O)N2CC[C@@H](C)C2)cc1[N+](=O)[O-]. The van der Waals surface area contributed by atoms with E-state index in [2.05, 4.69) is 12.2 Å². The van der Waals surface area contributed by atoms with Crippen molar-refractivity contribution < 1.29 is 14.5 Å². The van der Waals surface area contributed by atoms with Crippen molar-refractivity contribution >= 4 is 17.3 Å². The number of hydrogen-bond donors (Lipinski definition) is 1. The maximum atomic E-state index is 12.5. The van der Waals surface area contributed by atoms with Crippen LogP contribution < -0.4 is 10.1 Å². The van der Waals surface area contributed by atoms with Crippen molar-refractivity contribution in [3.05, 3.63) is 27.8 Å². The van der Waals surface area contributed by atoms with E-state index in [9.17, 15) is 14.9 Å². The quantitative estimate of drug-likeness (QED) is 0.679. The summed E-state index contributed by atoms with van der Waals surface area (Å²) in [4.78, 5) is 24.9. The first-order chi connectivity index (χ1) is 9.97. The Morgan fingerprint density at radius 2 is 2.24 bits per heavy atom. The number of likely N-dealkylation sites (tertiary alicyclic amines) is 1. The van der Waals surface area contributed by atoms with Crippen molar-refractivity contribution in [2.24, 2.45) is 5.92 Å². The van der Waals surface area contributed by atoms with Gasteiger partial charge in [-0.1, -0.05) is 6.92 Å². The Bertz CT molecular complexity index is 574. The van der Waals surface area contributed by atoms with E-state index in [1.807, 2.05) is 0 Å².